The van der Waals surface area contributed by atoms with Crippen molar-refractivity contribution in [3.8, 4) is 11.2 Å². The summed E-state index contributed by atoms with van der Waals surface area (Å²) >= 11 is 0. The van der Waals surface area contributed by atoms with Crippen LogP contribution in [0.4, 0.5) is 0 Å². The largest absolute Gasteiger partial charge is 0.456 e. The van der Waals surface area contributed by atoms with Gasteiger partial charge in [-0.1, -0.05) is 0 Å². The lowest BCUT2D eigenvalue weighted by molar-refractivity contribution is 0.554. The van der Waals surface area contributed by atoms with Crippen molar-refractivity contribution in [2.45, 2.75) is 0 Å². The Hall–Kier alpha value is -0.920. The summed E-state index contributed by atoms with van der Waals surface area (Å²) in [6, 6.07) is 3.14. The average molecular weight is 191 g/mol. The van der Waals surface area contributed by atoms with E-state index in [9.17, 15) is 8.42 Å². The minimum absolute atomic E-state index is 0.272. The Bertz CT molecular complexity index is 379. The standard InChI is InChI=1S/C6H3ClO3S/c7-11(8,9)5-3-6-2-1-4-10-6/h1-2,4H. The summed E-state index contributed by atoms with van der Waals surface area (Å²) in [4.78, 5) is 0. The van der Waals surface area contributed by atoms with Crippen LogP contribution in [0.5, 0.6) is 0 Å². The van der Waals surface area contributed by atoms with Gasteiger partial charge < -0.3 is 4.42 Å². The maximum absolute atomic E-state index is 10.3. The number of hydrogen-bond acceptors (Lipinski definition) is 3. The molecule has 0 aliphatic rings. The van der Waals surface area contributed by atoms with Crippen LogP contribution >= 0.6 is 10.7 Å². The Balaban J connectivity index is 2.91. The van der Waals surface area contributed by atoms with Gasteiger partial charge in [-0.2, -0.15) is 8.42 Å². The van der Waals surface area contributed by atoms with Crippen molar-refractivity contribution in [3.63, 3.8) is 0 Å². The molecule has 0 saturated carbocycles. The highest BCUT2D eigenvalue weighted by molar-refractivity contribution is 8.17. The van der Waals surface area contributed by atoms with E-state index in [1.54, 1.807) is 6.07 Å². The van der Waals surface area contributed by atoms with Crippen LogP contribution in [-0.4, -0.2) is 8.42 Å². The molecular formula is C6H3ClO3S. The fraction of sp³-hybridized carbons (Fsp3) is 0. The van der Waals surface area contributed by atoms with Gasteiger partial charge in [0, 0.05) is 10.7 Å². The van der Waals surface area contributed by atoms with E-state index < -0.39 is 9.05 Å². The first-order valence-electron chi connectivity index (χ1n) is 2.59. The topological polar surface area (TPSA) is 47.3 Å². The summed E-state index contributed by atoms with van der Waals surface area (Å²) in [5.41, 5.74) is 0. The SMILES string of the molecule is O=S(=O)(Cl)C#Cc1ccco1. The van der Waals surface area contributed by atoms with E-state index >= 15 is 0 Å². The Labute approximate surface area is 68.4 Å². The summed E-state index contributed by atoms with van der Waals surface area (Å²) in [5, 5.41) is 1.82. The first-order valence-corrected chi connectivity index (χ1v) is 4.90. The van der Waals surface area contributed by atoms with E-state index in [0.29, 0.717) is 0 Å². The van der Waals surface area contributed by atoms with Gasteiger partial charge in [0.25, 0.3) is 0 Å². The Morgan fingerprint density at radius 3 is 2.73 bits per heavy atom. The summed E-state index contributed by atoms with van der Waals surface area (Å²) in [5.74, 6) is 2.50. The normalized spacial score (nSPS) is 10.3. The highest BCUT2D eigenvalue weighted by Crippen LogP contribution is 1.98. The average Bonchev–Trinajstić information content (AvgIpc) is 2.32. The second-order valence-electron chi connectivity index (χ2n) is 1.64. The molecule has 0 aliphatic carbocycles. The molecule has 0 aromatic carbocycles. The lowest BCUT2D eigenvalue weighted by Crippen LogP contribution is -1.79. The lowest BCUT2D eigenvalue weighted by atomic mass is 10.5. The molecule has 0 fully saturated rings. The van der Waals surface area contributed by atoms with Crippen molar-refractivity contribution in [2.24, 2.45) is 0 Å². The quantitative estimate of drug-likeness (QED) is 0.456. The lowest BCUT2D eigenvalue weighted by Gasteiger charge is -1.75. The van der Waals surface area contributed by atoms with Crippen LogP contribution in [0.15, 0.2) is 22.8 Å². The van der Waals surface area contributed by atoms with E-state index in [0.717, 1.165) is 0 Å². The Morgan fingerprint density at radius 2 is 2.27 bits per heavy atom. The van der Waals surface area contributed by atoms with Gasteiger partial charge in [0.1, 0.15) is 0 Å². The maximum atomic E-state index is 10.3. The third-order valence-corrected chi connectivity index (χ3v) is 1.39. The fourth-order valence-corrected chi connectivity index (χ4v) is 0.799. The zero-order valence-electron chi connectivity index (χ0n) is 5.24. The van der Waals surface area contributed by atoms with Crippen molar-refractivity contribution in [2.75, 3.05) is 0 Å². The second-order valence-corrected chi connectivity index (χ2v) is 3.94. The molecule has 3 nitrogen and oxygen atoms in total. The molecule has 0 unspecified atom stereocenters. The highest BCUT2D eigenvalue weighted by Gasteiger charge is 1.96. The van der Waals surface area contributed by atoms with Gasteiger partial charge in [-0.25, -0.2) is 0 Å². The Kier molecular flexibility index (Phi) is 2.22. The fourth-order valence-electron chi connectivity index (χ4n) is 0.461. The van der Waals surface area contributed by atoms with Gasteiger partial charge >= 0.3 is 9.05 Å². The summed E-state index contributed by atoms with van der Waals surface area (Å²) in [6.07, 6.45) is 1.39. The molecule has 0 bridgehead atoms. The van der Waals surface area contributed by atoms with E-state index in [-0.39, 0.29) is 5.76 Å². The van der Waals surface area contributed by atoms with Crippen LogP contribution in [-0.2, 0) is 9.05 Å². The van der Waals surface area contributed by atoms with Gasteiger partial charge in [-0.05, 0) is 18.1 Å². The number of rotatable bonds is 0. The van der Waals surface area contributed by atoms with Crippen LogP contribution in [0, 0.1) is 11.2 Å². The van der Waals surface area contributed by atoms with Crippen molar-refractivity contribution >= 4 is 19.7 Å². The molecule has 0 saturated heterocycles. The molecule has 58 valence electrons. The molecule has 0 radical (unpaired) electrons. The molecule has 1 heterocycles. The third-order valence-electron chi connectivity index (χ3n) is 0.817. The summed E-state index contributed by atoms with van der Waals surface area (Å²) in [6.45, 7) is 0. The van der Waals surface area contributed by atoms with E-state index in [1.807, 2.05) is 5.25 Å². The smallest absolute Gasteiger partial charge is 0.301 e. The molecule has 1 rings (SSSR count). The molecule has 5 heteroatoms. The van der Waals surface area contributed by atoms with Crippen molar-refractivity contribution < 1.29 is 12.8 Å². The first kappa shape index (κ1) is 8.18. The van der Waals surface area contributed by atoms with Gasteiger partial charge in [0.15, 0.2) is 5.76 Å². The van der Waals surface area contributed by atoms with Crippen LogP contribution in [0.2, 0.25) is 0 Å². The molecule has 0 amide bonds. The van der Waals surface area contributed by atoms with Crippen LogP contribution < -0.4 is 0 Å². The van der Waals surface area contributed by atoms with Crippen LogP contribution in [0.1, 0.15) is 5.76 Å². The molecular weight excluding hydrogens is 188 g/mol. The van der Waals surface area contributed by atoms with Gasteiger partial charge in [-0.15, -0.1) is 0 Å². The molecule has 0 atom stereocenters. The van der Waals surface area contributed by atoms with Gasteiger partial charge in [0.2, 0.25) is 0 Å². The van der Waals surface area contributed by atoms with E-state index in [4.69, 9.17) is 15.1 Å². The molecule has 0 spiro atoms. The number of halogens is 1. The zero-order valence-corrected chi connectivity index (χ0v) is 6.82. The van der Waals surface area contributed by atoms with Gasteiger partial charge in [0.05, 0.1) is 11.5 Å². The highest BCUT2D eigenvalue weighted by atomic mass is 35.7. The second kappa shape index (κ2) is 2.99. The van der Waals surface area contributed by atoms with Gasteiger partial charge in [-0.3, -0.25) is 0 Å². The summed E-state index contributed by atoms with van der Waals surface area (Å²) < 4.78 is 25.3. The van der Waals surface area contributed by atoms with E-state index in [1.165, 1.54) is 12.3 Å². The molecule has 1 aromatic rings. The van der Waals surface area contributed by atoms with Crippen LogP contribution in [0.3, 0.4) is 0 Å². The predicted octanol–water partition coefficient (Wildman–Crippen LogP) is 1.16. The molecule has 1 aromatic heterocycles. The molecule has 11 heavy (non-hydrogen) atoms. The monoisotopic (exact) mass is 190 g/mol. The first-order chi connectivity index (χ1) is 5.08. The molecule has 0 N–H and O–H groups in total. The minimum Gasteiger partial charge on any atom is -0.456 e. The zero-order chi connectivity index (χ0) is 8.32. The number of hydrogen-bond donors (Lipinski definition) is 0. The van der Waals surface area contributed by atoms with E-state index in [2.05, 4.69) is 5.92 Å². The number of furan rings is 1. The maximum Gasteiger partial charge on any atom is 0.301 e. The van der Waals surface area contributed by atoms with Crippen molar-refractivity contribution in [3.05, 3.63) is 24.2 Å². The summed E-state index contributed by atoms with van der Waals surface area (Å²) in [7, 11) is 1.06. The Morgan fingerprint density at radius 1 is 1.55 bits per heavy atom. The van der Waals surface area contributed by atoms with Crippen molar-refractivity contribution in [1.82, 2.24) is 0 Å². The predicted molar refractivity (Wildman–Crippen MR) is 40.4 cm³/mol. The van der Waals surface area contributed by atoms with Crippen molar-refractivity contribution in [1.29, 1.82) is 0 Å². The van der Waals surface area contributed by atoms with Crippen LogP contribution in [0.25, 0.3) is 0 Å². The third kappa shape index (κ3) is 3.12. The minimum atomic E-state index is -3.75. The molecule has 0 aliphatic heterocycles.